The standard InChI is InChI=1S/C20H25NO2S2/c1-16-5-2-6-17(11-16)14-24-15-20(22)21(12-18-7-3-9-23-18)13-19-8-4-10-25-19/h2,4-6,8,10-11,18H,3,7,9,12-15H2,1H3. The van der Waals surface area contributed by atoms with E-state index in [0.717, 1.165) is 25.2 Å². The number of ether oxygens (including phenoxy) is 1. The molecular weight excluding hydrogens is 350 g/mol. The Kier molecular flexibility index (Phi) is 6.96. The van der Waals surface area contributed by atoms with E-state index in [9.17, 15) is 4.79 Å². The fourth-order valence-electron chi connectivity index (χ4n) is 3.03. The van der Waals surface area contributed by atoms with Crippen molar-refractivity contribution in [1.29, 1.82) is 0 Å². The van der Waals surface area contributed by atoms with E-state index in [0.29, 0.717) is 18.8 Å². The molecule has 2 heterocycles. The molecule has 0 radical (unpaired) electrons. The van der Waals surface area contributed by atoms with Crippen LogP contribution in [0.4, 0.5) is 0 Å². The van der Waals surface area contributed by atoms with E-state index in [1.807, 2.05) is 11.0 Å². The monoisotopic (exact) mass is 375 g/mol. The molecule has 1 atom stereocenters. The topological polar surface area (TPSA) is 29.5 Å². The van der Waals surface area contributed by atoms with E-state index in [1.54, 1.807) is 23.1 Å². The minimum Gasteiger partial charge on any atom is -0.376 e. The summed E-state index contributed by atoms with van der Waals surface area (Å²) in [6.45, 7) is 4.33. The zero-order valence-corrected chi connectivity index (χ0v) is 16.3. The van der Waals surface area contributed by atoms with Crippen molar-refractivity contribution < 1.29 is 9.53 Å². The lowest BCUT2D eigenvalue weighted by Crippen LogP contribution is -2.37. The summed E-state index contributed by atoms with van der Waals surface area (Å²) in [6.07, 6.45) is 2.36. The van der Waals surface area contributed by atoms with Gasteiger partial charge in [-0.15, -0.1) is 23.1 Å². The van der Waals surface area contributed by atoms with Crippen molar-refractivity contribution in [3.8, 4) is 0 Å². The van der Waals surface area contributed by atoms with E-state index in [1.165, 1.54) is 16.0 Å². The largest absolute Gasteiger partial charge is 0.376 e. The number of carbonyl (C=O) groups is 1. The van der Waals surface area contributed by atoms with Gasteiger partial charge in [0.1, 0.15) is 0 Å². The first-order valence-corrected chi connectivity index (χ1v) is 10.8. The van der Waals surface area contributed by atoms with Crippen molar-refractivity contribution in [3.63, 3.8) is 0 Å². The number of rotatable bonds is 8. The van der Waals surface area contributed by atoms with Crippen LogP contribution in [0.5, 0.6) is 0 Å². The third-order valence-electron chi connectivity index (χ3n) is 4.30. The highest BCUT2D eigenvalue weighted by atomic mass is 32.2. The number of carbonyl (C=O) groups excluding carboxylic acids is 1. The van der Waals surface area contributed by atoms with E-state index in [2.05, 4.69) is 42.6 Å². The van der Waals surface area contributed by atoms with E-state index < -0.39 is 0 Å². The van der Waals surface area contributed by atoms with Crippen LogP contribution in [0.1, 0.15) is 28.8 Å². The maximum Gasteiger partial charge on any atom is 0.232 e. The summed E-state index contributed by atoms with van der Waals surface area (Å²) < 4.78 is 5.74. The van der Waals surface area contributed by atoms with Gasteiger partial charge in [0.05, 0.1) is 18.4 Å². The first-order chi connectivity index (χ1) is 12.2. The maximum absolute atomic E-state index is 12.8. The maximum atomic E-state index is 12.8. The van der Waals surface area contributed by atoms with Crippen LogP contribution in [0.3, 0.4) is 0 Å². The molecule has 1 fully saturated rings. The Morgan fingerprint density at radius 1 is 1.36 bits per heavy atom. The zero-order chi connectivity index (χ0) is 17.5. The Hall–Kier alpha value is -1.30. The molecule has 1 unspecified atom stereocenters. The lowest BCUT2D eigenvalue weighted by Gasteiger charge is -2.25. The summed E-state index contributed by atoms with van der Waals surface area (Å²) in [7, 11) is 0. The van der Waals surface area contributed by atoms with Crippen molar-refractivity contribution >= 4 is 29.0 Å². The Morgan fingerprint density at radius 3 is 3.00 bits per heavy atom. The lowest BCUT2D eigenvalue weighted by atomic mass is 10.2. The second-order valence-electron chi connectivity index (χ2n) is 6.47. The van der Waals surface area contributed by atoms with Crippen LogP contribution < -0.4 is 0 Å². The van der Waals surface area contributed by atoms with Crippen LogP contribution >= 0.6 is 23.1 Å². The molecule has 1 saturated heterocycles. The Labute approximate surface area is 158 Å². The van der Waals surface area contributed by atoms with Gasteiger partial charge in [-0.3, -0.25) is 4.79 Å². The summed E-state index contributed by atoms with van der Waals surface area (Å²) in [4.78, 5) is 16.0. The number of aryl methyl sites for hydroxylation is 1. The molecule has 3 rings (SSSR count). The Bertz CT molecular complexity index is 666. The average Bonchev–Trinajstić information content (AvgIpc) is 3.28. The van der Waals surface area contributed by atoms with Crippen molar-refractivity contribution in [2.75, 3.05) is 18.9 Å². The molecule has 0 aliphatic carbocycles. The molecule has 1 aliphatic rings. The second-order valence-corrected chi connectivity index (χ2v) is 8.49. The fourth-order valence-corrected chi connectivity index (χ4v) is 4.62. The molecule has 3 nitrogen and oxygen atoms in total. The SMILES string of the molecule is Cc1cccc(CSCC(=O)N(Cc2cccs2)CC2CCCO2)c1. The van der Waals surface area contributed by atoms with Gasteiger partial charge in [-0.2, -0.15) is 0 Å². The predicted octanol–water partition coefficient (Wildman–Crippen LogP) is 4.50. The van der Waals surface area contributed by atoms with Gasteiger partial charge in [0.2, 0.25) is 5.91 Å². The fraction of sp³-hybridized carbons (Fsp3) is 0.450. The van der Waals surface area contributed by atoms with Gasteiger partial charge in [-0.25, -0.2) is 0 Å². The van der Waals surface area contributed by atoms with Crippen LogP contribution in [-0.4, -0.2) is 35.8 Å². The molecule has 1 aromatic heterocycles. The van der Waals surface area contributed by atoms with Crippen LogP contribution in [0, 0.1) is 6.92 Å². The van der Waals surface area contributed by atoms with E-state index in [-0.39, 0.29) is 12.0 Å². The summed E-state index contributed by atoms with van der Waals surface area (Å²) in [5.41, 5.74) is 2.55. The number of hydrogen-bond acceptors (Lipinski definition) is 4. The quantitative estimate of drug-likeness (QED) is 0.680. The van der Waals surface area contributed by atoms with Gasteiger partial charge in [0, 0.05) is 23.8 Å². The van der Waals surface area contributed by atoms with Gasteiger partial charge in [0.15, 0.2) is 0 Å². The highest BCUT2D eigenvalue weighted by Crippen LogP contribution is 2.19. The minimum absolute atomic E-state index is 0.200. The van der Waals surface area contributed by atoms with Crippen LogP contribution in [-0.2, 0) is 21.8 Å². The van der Waals surface area contributed by atoms with Crippen molar-refractivity contribution in [1.82, 2.24) is 4.90 Å². The van der Waals surface area contributed by atoms with Crippen molar-refractivity contribution in [2.24, 2.45) is 0 Å². The van der Waals surface area contributed by atoms with Gasteiger partial charge in [0.25, 0.3) is 0 Å². The average molecular weight is 376 g/mol. The minimum atomic E-state index is 0.200. The highest BCUT2D eigenvalue weighted by molar-refractivity contribution is 7.99. The molecule has 25 heavy (non-hydrogen) atoms. The Morgan fingerprint density at radius 2 is 2.28 bits per heavy atom. The zero-order valence-electron chi connectivity index (χ0n) is 14.6. The summed E-state index contributed by atoms with van der Waals surface area (Å²) in [6, 6.07) is 12.6. The summed E-state index contributed by atoms with van der Waals surface area (Å²) in [5, 5.41) is 2.07. The normalized spacial score (nSPS) is 16.9. The third-order valence-corrected chi connectivity index (χ3v) is 6.15. The third kappa shape index (κ3) is 5.87. The van der Waals surface area contributed by atoms with Crippen molar-refractivity contribution in [3.05, 3.63) is 57.8 Å². The second kappa shape index (κ2) is 9.41. The molecule has 1 aliphatic heterocycles. The number of thioether (sulfide) groups is 1. The smallest absolute Gasteiger partial charge is 0.232 e. The van der Waals surface area contributed by atoms with Crippen molar-refractivity contribution in [2.45, 2.75) is 38.2 Å². The van der Waals surface area contributed by atoms with Gasteiger partial charge >= 0.3 is 0 Å². The molecule has 5 heteroatoms. The molecule has 2 aromatic rings. The molecule has 0 N–H and O–H groups in total. The molecule has 1 aromatic carbocycles. The van der Waals surface area contributed by atoms with E-state index >= 15 is 0 Å². The van der Waals surface area contributed by atoms with Crippen LogP contribution in [0.25, 0.3) is 0 Å². The molecule has 134 valence electrons. The van der Waals surface area contributed by atoms with Gasteiger partial charge in [-0.05, 0) is 36.8 Å². The molecule has 0 saturated carbocycles. The van der Waals surface area contributed by atoms with Crippen LogP contribution in [0.15, 0.2) is 41.8 Å². The lowest BCUT2D eigenvalue weighted by molar-refractivity contribution is -0.130. The van der Waals surface area contributed by atoms with Crippen LogP contribution in [0.2, 0.25) is 0 Å². The van der Waals surface area contributed by atoms with Gasteiger partial charge < -0.3 is 9.64 Å². The van der Waals surface area contributed by atoms with E-state index in [4.69, 9.17) is 4.74 Å². The molecular formula is C20H25NO2S2. The summed E-state index contributed by atoms with van der Waals surface area (Å²) >= 11 is 3.40. The Balaban J connectivity index is 1.53. The first-order valence-electron chi connectivity index (χ1n) is 8.76. The molecule has 0 spiro atoms. The predicted molar refractivity (Wildman–Crippen MR) is 106 cm³/mol. The summed E-state index contributed by atoms with van der Waals surface area (Å²) in [5.74, 6) is 1.60. The number of hydrogen-bond donors (Lipinski definition) is 0. The number of benzene rings is 1. The number of nitrogens with zero attached hydrogens (tertiary/aromatic N) is 1. The first kappa shape index (κ1) is 18.5. The van der Waals surface area contributed by atoms with Gasteiger partial charge in [-0.1, -0.05) is 35.9 Å². The molecule has 0 bridgehead atoms. The number of amides is 1. The number of thiophene rings is 1. The highest BCUT2D eigenvalue weighted by Gasteiger charge is 2.23. The molecule has 1 amide bonds.